The lowest BCUT2D eigenvalue weighted by atomic mass is 9.96. The summed E-state index contributed by atoms with van der Waals surface area (Å²) in [5, 5.41) is 12.4. The van der Waals surface area contributed by atoms with Gasteiger partial charge in [0.05, 0.1) is 27.5 Å². The van der Waals surface area contributed by atoms with Crippen LogP contribution >= 0.6 is 11.3 Å². The average Bonchev–Trinajstić information content (AvgIpc) is 3.45. The van der Waals surface area contributed by atoms with E-state index in [0.717, 1.165) is 38.5 Å². The van der Waals surface area contributed by atoms with Crippen LogP contribution in [0.1, 0.15) is 5.56 Å². The van der Waals surface area contributed by atoms with E-state index in [9.17, 15) is 0 Å². The van der Waals surface area contributed by atoms with Gasteiger partial charge in [0.2, 0.25) is 0 Å². The standard InChI is InChI=1S/C35H21N3S/c36-21-23-5-7-24(8-6-23)25-9-11-26(12-10-25)27-13-14-29-20-30(16-15-28(29)19-27)31-17-18-33(37-22-31)35-38-32-3-1-2-4-34(32)39-35/h1-20,22H. The molecular weight excluding hydrogens is 494 g/mol. The Hall–Kier alpha value is -5.11. The van der Waals surface area contributed by atoms with Gasteiger partial charge >= 0.3 is 0 Å². The first-order valence-corrected chi connectivity index (χ1v) is 13.5. The number of hydrogen-bond acceptors (Lipinski definition) is 4. The van der Waals surface area contributed by atoms with Gasteiger partial charge in [0, 0.05) is 11.8 Å². The highest BCUT2D eigenvalue weighted by Gasteiger charge is 2.09. The van der Waals surface area contributed by atoms with Gasteiger partial charge in [0.25, 0.3) is 0 Å². The Morgan fingerprint density at radius 1 is 0.564 bits per heavy atom. The van der Waals surface area contributed by atoms with E-state index in [4.69, 9.17) is 15.2 Å². The average molecular weight is 516 g/mol. The third kappa shape index (κ3) is 4.46. The van der Waals surface area contributed by atoms with Crippen molar-refractivity contribution in [2.24, 2.45) is 0 Å². The van der Waals surface area contributed by atoms with Crippen LogP contribution in [0.4, 0.5) is 0 Å². The van der Waals surface area contributed by atoms with Gasteiger partial charge in [-0.25, -0.2) is 4.98 Å². The summed E-state index contributed by atoms with van der Waals surface area (Å²) < 4.78 is 1.18. The van der Waals surface area contributed by atoms with Crippen molar-refractivity contribution in [2.45, 2.75) is 0 Å². The van der Waals surface area contributed by atoms with E-state index in [0.29, 0.717) is 5.56 Å². The van der Waals surface area contributed by atoms with E-state index < -0.39 is 0 Å². The zero-order chi connectivity index (χ0) is 26.2. The number of nitriles is 1. The molecule has 182 valence electrons. The smallest absolute Gasteiger partial charge is 0.143 e. The number of rotatable bonds is 4. The molecule has 0 spiro atoms. The SMILES string of the molecule is N#Cc1ccc(-c2ccc(-c3ccc4cc(-c5ccc(-c6nc7ccccc7s6)nc5)ccc4c3)cc2)cc1. The summed E-state index contributed by atoms with van der Waals surface area (Å²) in [6, 6.07) is 44.0. The van der Waals surface area contributed by atoms with Gasteiger partial charge in [-0.3, -0.25) is 4.98 Å². The minimum Gasteiger partial charge on any atom is -0.253 e. The molecule has 0 unspecified atom stereocenters. The number of thiazole rings is 1. The molecule has 0 aliphatic rings. The van der Waals surface area contributed by atoms with Gasteiger partial charge in [0.1, 0.15) is 5.01 Å². The number of fused-ring (bicyclic) bond motifs is 2. The molecule has 0 N–H and O–H groups in total. The van der Waals surface area contributed by atoms with Gasteiger partial charge in [0.15, 0.2) is 0 Å². The maximum Gasteiger partial charge on any atom is 0.143 e. The van der Waals surface area contributed by atoms with Gasteiger partial charge in [-0.1, -0.05) is 78.9 Å². The lowest BCUT2D eigenvalue weighted by Crippen LogP contribution is -1.85. The van der Waals surface area contributed by atoms with Crippen LogP contribution in [0.3, 0.4) is 0 Å². The molecule has 0 fully saturated rings. The number of benzene rings is 5. The van der Waals surface area contributed by atoms with Crippen molar-refractivity contribution in [1.29, 1.82) is 5.26 Å². The van der Waals surface area contributed by atoms with Gasteiger partial charge in [-0.2, -0.15) is 5.26 Å². The van der Waals surface area contributed by atoms with Crippen LogP contribution in [0, 0.1) is 11.3 Å². The molecule has 0 aliphatic heterocycles. The van der Waals surface area contributed by atoms with Crippen molar-refractivity contribution < 1.29 is 0 Å². The van der Waals surface area contributed by atoms with Crippen LogP contribution < -0.4 is 0 Å². The van der Waals surface area contributed by atoms with Crippen LogP contribution in [0.15, 0.2) is 128 Å². The largest absolute Gasteiger partial charge is 0.253 e. The molecule has 7 aromatic rings. The van der Waals surface area contributed by atoms with E-state index in [2.05, 4.69) is 84.9 Å². The van der Waals surface area contributed by atoms with E-state index in [-0.39, 0.29) is 0 Å². The molecule has 0 bridgehead atoms. The number of nitrogens with zero attached hydrogens (tertiary/aromatic N) is 3. The first-order chi connectivity index (χ1) is 19.2. The molecule has 2 heterocycles. The summed E-state index contributed by atoms with van der Waals surface area (Å²) in [4.78, 5) is 9.46. The summed E-state index contributed by atoms with van der Waals surface area (Å²) in [6.45, 7) is 0. The highest BCUT2D eigenvalue weighted by Crippen LogP contribution is 2.32. The van der Waals surface area contributed by atoms with Gasteiger partial charge in [-0.15, -0.1) is 11.3 Å². The molecule has 7 rings (SSSR count). The summed E-state index contributed by atoms with van der Waals surface area (Å²) in [5.74, 6) is 0. The molecular formula is C35H21N3S. The Bertz CT molecular complexity index is 1960. The van der Waals surface area contributed by atoms with E-state index in [1.165, 1.54) is 26.6 Å². The molecule has 0 saturated heterocycles. The van der Waals surface area contributed by atoms with E-state index in [1.54, 1.807) is 11.3 Å². The van der Waals surface area contributed by atoms with E-state index in [1.807, 2.05) is 48.7 Å². The second-order valence-corrected chi connectivity index (χ2v) is 10.5. The zero-order valence-electron chi connectivity index (χ0n) is 20.9. The normalized spacial score (nSPS) is 11.1. The Kier molecular flexibility index (Phi) is 5.70. The summed E-state index contributed by atoms with van der Waals surface area (Å²) >= 11 is 1.67. The topological polar surface area (TPSA) is 49.6 Å². The Labute approximate surface area is 230 Å². The maximum atomic E-state index is 9.03. The number of para-hydroxylation sites is 1. The Morgan fingerprint density at radius 2 is 1.13 bits per heavy atom. The lowest BCUT2D eigenvalue weighted by Gasteiger charge is -2.08. The Balaban J connectivity index is 1.13. The number of hydrogen-bond donors (Lipinski definition) is 0. The Morgan fingerprint density at radius 3 is 1.74 bits per heavy atom. The highest BCUT2D eigenvalue weighted by atomic mass is 32.1. The summed E-state index contributed by atoms with van der Waals surface area (Å²) in [6.07, 6.45) is 1.94. The number of aromatic nitrogens is 2. The first kappa shape index (κ1) is 23.0. The van der Waals surface area contributed by atoms with Crippen molar-refractivity contribution in [3.8, 4) is 50.2 Å². The molecule has 4 heteroatoms. The fourth-order valence-corrected chi connectivity index (χ4v) is 5.81. The molecule has 0 saturated carbocycles. The zero-order valence-corrected chi connectivity index (χ0v) is 21.7. The van der Waals surface area contributed by atoms with Crippen LogP contribution in [-0.4, -0.2) is 9.97 Å². The van der Waals surface area contributed by atoms with Crippen molar-refractivity contribution in [3.05, 3.63) is 133 Å². The van der Waals surface area contributed by atoms with Crippen molar-refractivity contribution in [1.82, 2.24) is 9.97 Å². The van der Waals surface area contributed by atoms with Crippen LogP contribution in [0.25, 0.3) is 65.1 Å². The molecule has 0 atom stereocenters. The number of pyridine rings is 1. The van der Waals surface area contributed by atoms with Crippen LogP contribution in [0.5, 0.6) is 0 Å². The van der Waals surface area contributed by atoms with Crippen LogP contribution in [0.2, 0.25) is 0 Å². The van der Waals surface area contributed by atoms with Crippen molar-refractivity contribution in [3.63, 3.8) is 0 Å². The van der Waals surface area contributed by atoms with Crippen LogP contribution in [-0.2, 0) is 0 Å². The second kappa shape index (κ2) is 9.64. The van der Waals surface area contributed by atoms with Gasteiger partial charge < -0.3 is 0 Å². The molecule has 3 nitrogen and oxygen atoms in total. The minimum absolute atomic E-state index is 0.674. The molecule has 0 radical (unpaired) electrons. The summed E-state index contributed by atoms with van der Waals surface area (Å²) in [5.41, 5.74) is 9.42. The summed E-state index contributed by atoms with van der Waals surface area (Å²) in [7, 11) is 0. The fourth-order valence-electron chi connectivity index (χ4n) is 4.87. The van der Waals surface area contributed by atoms with Crippen molar-refractivity contribution in [2.75, 3.05) is 0 Å². The third-order valence-corrected chi connectivity index (χ3v) is 8.07. The van der Waals surface area contributed by atoms with Gasteiger partial charge in [-0.05, 0) is 81.1 Å². The first-order valence-electron chi connectivity index (χ1n) is 12.7. The lowest BCUT2D eigenvalue weighted by molar-refractivity contribution is 1.31. The predicted octanol–water partition coefficient (Wildman–Crippen LogP) is 9.38. The fraction of sp³-hybridized carbons (Fsp3) is 0. The second-order valence-electron chi connectivity index (χ2n) is 9.46. The molecule has 39 heavy (non-hydrogen) atoms. The maximum absolute atomic E-state index is 9.03. The highest BCUT2D eigenvalue weighted by molar-refractivity contribution is 7.21. The molecule has 0 aliphatic carbocycles. The quantitative estimate of drug-likeness (QED) is 0.235. The molecule has 2 aromatic heterocycles. The predicted molar refractivity (Wildman–Crippen MR) is 161 cm³/mol. The van der Waals surface area contributed by atoms with E-state index >= 15 is 0 Å². The molecule has 0 amide bonds. The van der Waals surface area contributed by atoms with Crippen molar-refractivity contribution >= 4 is 32.3 Å². The third-order valence-electron chi connectivity index (χ3n) is 7.02. The monoisotopic (exact) mass is 515 g/mol. The molecule has 5 aromatic carbocycles. The minimum atomic E-state index is 0.674.